The molecule has 1 aliphatic heterocycles. The van der Waals surface area contributed by atoms with Gasteiger partial charge in [-0.1, -0.05) is 22.0 Å². The fourth-order valence-corrected chi connectivity index (χ4v) is 2.77. The van der Waals surface area contributed by atoms with Gasteiger partial charge in [0.05, 0.1) is 0 Å². The largest absolute Gasteiger partial charge is 0.338 e. The first-order valence-electron chi connectivity index (χ1n) is 6.88. The molecule has 5 nitrogen and oxygen atoms in total. The summed E-state index contributed by atoms with van der Waals surface area (Å²) in [5.41, 5.74) is 2.28. The first kappa shape index (κ1) is 13.6. The molecule has 3 rings (SSSR count). The van der Waals surface area contributed by atoms with Crippen molar-refractivity contribution < 1.29 is 0 Å². The van der Waals surface area contributed by atoms with E-state index in [0.29, 0.717) is 0 Å². The number of aromatic amines is 1. The van der Waals surface area contributed by atoms with Crippen molar-refractivity contribution in [2.24, 2.45) is 0 Å². The Kier molecular flexibility index (Phi) is 4.03. The molecule has 20 heavy (non-hydrogen) atoms. The third-order valence-electron chi connectivity index (χ3n) is 3.55. The SMILES string of the molecule is Cc1ccc(Br)cc1-c1nc(N2CCCNCC2)n[nH]1. The van der Waals surface area contributed by atoms with Crippen LogP contribution in [-0.4, -0.2) is 41.4 Å². The Morgan fingerprint density at radius 3 is 3.05 bits per heavy atom. The van der Waals surface area contributed by atoms with Crippen molar-refractivity contribution in [3.05, 3.63) is 28.2 Å². The molecule has 2 aromatic rings. The Hall–Kier alpha value is -1.40. The van der Waals surface area contributed by atoms with Crippen LogP contribution in [0.4, 0.5) is 5.95 Å². The van der Waals surface area contributed by atoms with Crippen LogP contribution in [0.1, 0.15) is 12.0 Å². The molecule has 0 aliphatic carbocycles. The zero-order valence-corrected chi connectivity index (χ0v) is 13.1. The van der Waals surface area contributed by atoms with Gasteiger partial charge in [0.25, 0.3) is 0 Å². The summed E-state index contributed by atoms with van der Waals surface area (Å²) in [4.78, 5) is 6.89. The second kappa shape index (κ2) is 5.93. The first-order chi connectivity index (χ1) is 9.74. The maximum absolute atomic E-state index is 4.66. The number of aromatic nitrogens is 3. The normalized spacial score (nSPS) is 16.2. The number of nitrogens with zero attached hydrogens (tertiary/aromatic N) is 3. The topological polar surface area (TPSA) is 56.8 Å². The zero-order chi connectivity index (χ0) is 13.9. The number of hydrogen-bond donors (Lipinski definition) is 2. The van der Waals surface area contributed by atoms with Gasteiger partial charge in [-0.15, -0.1) is 5.10 Å². The number of benzene rings is 1. The van der Waals surface area contributed by atoms with Gasteiger partial charge in [0.2, 0.25) is 5.95 Å². The van der Waals surface area contributed by atoms with Gasteiger partial charge in [0, 0.05) is 29.7 Å². The summed E-state index contributed by atoms with van der Waals surface area (Å²) in [5, 5.41) is 10.8. The zero-order valence-electron chi connectivity index (χ0n) is 11.5. The molecule has 0 atom stereocenters. The van der Waals surface area contributed by atoms with Crippen molar-refractivity contribution in [1.29, 1.82) is 0 Å². The maximum Gasteiger partial charge on any atom is 0.245 e. The van der Waals surface area contributed by atoms with E-state index in [1.807, 2.05) is 6.07 Å². The van der Waals surface area contributed by atoms with Crippen LogP contribution in [-0.2, 0) is 0 Å². The highest BCUT2D eigenvalue weighted by Gasteiger charge is 2.15. The lowest BCUT2D eigenvalue weighted by atomic mass is 10.1. The van der Waals surface area contributed by atoms with E-state index in [9.17, 15) is 0 Å². The minimum Gasteiger partial charge on any atom is -0.338 e. The van der Waals surface area contributed by atoms with Crippen molar-refractivity contribution in [1.82, 2.24) is 20.5 Å². The molecule has 106 valence electrons. The Balaban J connectivity index is 1.87. The van der Waals surface area contributed by atoms with E-state index in [1.165, 1.54) is 5.56 Å². The molecule has 1 aliphatic rings. The molecule has 0 radical (unpaired) electrons. The summed E-state index contributed by atoms with van der Waals surface area (Å²) in [6.07, 6.45) is 1.12. The number of aryl methyl sites for hydroxylation is 1. The van der Waals surface area contributed by atoms with E-state index in [1.54, 1.807) is 0 Å². The average Bonchev–Trinajstić information content (AvgIpc) is 2.77. The monoisotopic (exact) mass is 335 g/mol. The Bertz CT molecular complexity index is 587. The molecule has 1 aromatic carbocycles. The Morgan fingerprint density at radius 1 is 1.25 bits per heavy atom. The van der Waals surface area contributed by atoms with Crippen molar-refractivity contribution >= 4 is 21.9 Å². The van der Waals surface area contributed by atoms with E-state index in [2.05, 4.69) is 60.4 Å². The van der Waals surface area contributed by atoms with Crippen LogP contribution in [0.15, 0.2) is 22.7 Å². The van der Waals surface area contributed by atoms with Crippen LogP contribution in [0.3, 0.4) is 0 Å². The van der Waals surface area contributed by atoms with Crippen molar-refractivity contribution in [3.8, 4) is 11.4 Å². The number of halogens is 1. The molecule has 0 bridgehead atoms. The smallest absolute Gasteiger partial charge is 0.245 e. The number of H-pyrrole nitrogens is 1. The molecular formula is C14H18BrN5. The molecule has 0 amide bonds. The van der Waals surface area contributed by atoms with Crippen molar-refractivity contribution in [2.45, 2.75) is 13.3 Å². The van der Waals surface area contributed by atoms with Crippen LogP contribution >= 0.6 is 15.9 Å². The van der Waals surface area contributed by atoms with Crippen LogP contribution < -0.4 is 10.2 Å². The van der Waals surface area contributed by atoms with Gasteiger partial charge >= 0.3 is 0 Å². The molecule has 0 spiro atoms. The molecule has 6 heteroatoms. The van der Waals surface area contributed by atoms with Gasteiger partial charge in [0.1, 0.15) is 0 Å². The third kappa shape index (κ3) is 2.86. The summed E-state index contributed by atoms with van der Waals surface area (Å²) < 4.78 is 1.05. The highest BCUT2D eigenvalue weighted by Crippen LogP contribution is 2.25. The summed E-state index contributed by atoms with van der Waals surface area (Å²) in [7, 11) is 0. The molecule has 2 heterocycles. The minimum atomic E-state index is 0.795. The number of anilines is 1. The molecule has 2 N–H and O–H groups in total. The van der Waals surface area contributed by atoms with E-state index >= 15 is 0 Å². The van der Waals surface area contributed by atoms with Gasteiger partial charge in [-0.05, 0) is 37.6 Å². The number of hydrogen-bond acceptors (Lipinski definition) is 4. The quantitative estimate of drug-likeness (QED) is 0.884. The van der Waals surface area contributed by atoms with Crippen molar-refractivity contribution in [2.75, 3.05) is 31.1 Å². The lowest BCUT2D eigenvalue weighted by molar-refractivity contribution is 0.724. The molecular weight excluding hydrogens is 318 g/mol. The van der Waals surface area contributed by atoms with Crippen LogP contribution in [0, 0.1) is 6.92 Å². The summed E-state index contributed by atoms with van der Waals surface area (Å²) in [5.74, 6) is 1.62. The van der Waals surface area contributed by atoms with Gasteiger partial charge in [-0.3, -0.25) is 5.10 Å². The number of rotatable bonds is 2. The molecule has 1 fully saturated rings. The Labute approximate surface area is 126 Å². The Morgan fingerprint density at radius 2 is 2.15 bits per heavy atom. The highest BCUT2D eigenvalue weighted by molar-refractivity contribution is 9.10. The minimum absolute atomic E-state index is 0.795. The van der Waals surface area contributed by atoms with Gasteiger partial charge < -0.3 is 10.2 Å². The van der Waals surface area contributed by atoms with E-state index < -0.39 is 0 Å². The highest BCUT2D eigenvalue weighted by atomic mass is 79.9. The van der Waals surface area contributed by atoms with E-state index in [4.69, 9.17) is 0 Å². The number of nitrogens with one attached hydrogen (secondary N) is 2. The van der Waals surface area contributed by atoms with E-state index in [-0.39, 0.29) is 0 Å². The van der Waals surface area contributed by atoms with Gasteiger partial charge in [-0.2, -0.15) is 4.98 Å². The van der Waals surface area contributed by atoms with Crippen LogP contribution in [0.5, 0.6) is 0 Å². The summed E-state index contributed by atoms with van der Waals surface area (Å²) in [6, 6.07) is 6.19. The van der Waals surface area contributed by atoms with Crippen LogP contribution in [0.2, 0.25) is 0 Å². The second-order valence-electron chi connectivity index (χ2n) is 5.03. The molecule has 0 unspecified atom stereocenters. The fourth-order valence-electron chi connectivity index (χ4n) is 2.41. The van der Waals surface area contributed by atoms with Crippen LogP contribution in [0.25, 0.3) is 11.4 Å². The fraction of sp³-hybridized carbons (Fsp3) is 0.429. The molecule has 0 saturated carbocycles. The van der Waals surface area contributed by atoms with E-state index in [0.717, 1.165) is 54.4 Å². The van der Waals surface area contributed by atoms with Crippen molar-refractivity contribution in [3.63, 3.8) is 0 Å². The lowest BCUT2D eigenvalue weighted by Crippen LogP contribution is -2.28. The maximum atomic E-state index is 4.66. The molecule has 1 saturated heterocycles. The predicted molar refractivity (Wildman–Crippen MR) is 84.0 cm³/mol. The first-order valence-corrected chi connectivity index (χ1v) is 7.68. The van der Waals surface area contributed by atoms with Gasteiger partial charge in [0.15, 0.2) is 5.82 Å². The lowest BCUT2D eigenvalue weighted by Gasteiger charge is -2.16. The molecule has 1 aromatic heterocycles. The van der Waals surface area contributed by atoms with Gasteiger partial charge in [-0.25, -0.2) is 0 Å². The second-order valence-corrected chi connectivity index (χ2v) is 5.95. The third-order valence-corrected chi connectivity index (χ3v) is 4.04. The average molecular weight is 336 g/mol. The standard InChI is InChI=1S/C14H18BrN5/c1-10-3-4-11(15)9-12(10)13-17-14(19-18-13)20-7-2-5-16-6-8-20/h3-4,9,16H,2,5-8H2,1H3,(H,17,18,19). The predicted octanol–water partition coefficient (Wildman–Crippen LogP) is 2.34. The summed E-state index contributed by atoms with van der Waals surface area (Å²) >= 11 is 3.51. The summed E-state index contributed by atoms with van der Waals surface area (Å²) in [6.45, 7) is 6.09.